The number of sulfonamides is 1. The second-order valence-corrected chi connectivity index (χ2v) is 7.97. The van der Waals surface area contributed by atoms with E-state index in [1.807, 2.05) is 30.3 Å². The van der Waals surface area contributed by atoms with Gasteiger partial charge in [-0.25, -0.2) is 8.42 Å². The lowest BCUT2D eigenvalue weighted by Gasteiger charge is -2.31. The topological polar surface area (TPSA) is 66.9 Å². The van der Waals surface area contributed by atoms with Crippen molar-refractivity contribution < 1.29 is 17.9 Å². The van der Waals surface area contributed by atoms with Gasteiger partial charge in [0.2, 0.25) is 15.9 Å². The van der Waals surface area contributed by atoms with Gasteiger partial charge in [-0.15, -0.1) is 0 Å². The molecule has 0 aliphatic rings. The first-order valence-electron chi connectivity index (χ1n) is 8.16. The monoisotopic (exact) mass is 376 g/mol. The number of hydrogen-bond acceptors (Lipinski definition) is 4. The number of methoxy groups -OCH3 is 1. The molecule has 0 saturated carbocycles. The summed E-state index contributed by atoms with van der Waals surface area (Å²) in [6.07, 6.45) is 1.10. The lowest BCUT2D eigenvalue weighted by atomic mass is 10.2. The zero-order valence-corrected chi connectivity index (χ0v) is 16.2. The predicted molar refractivity (Wildman–Crippen MR) is 103 cm³/mol. The zero-order valence-electron chi connectivity index (χ0n) is 15.4. The van der Waals surface area contributed by atoms with Crippen LogP contribution in [0.25, 0.3) is 0 Å². The summed E-state index contributed by atoms with van der Waals surface area (Å²) in [7, 11) is -0.440. The summed E-state index contributed by atoms with van der Waals surface area (Å²) in [5, 5.41) is 0. The summed E-state index contributed by atoms with van der Waals surface area (Å²) in [6.45, 7) is 2.00. The molecule has 0 radical (unpaired) electrons. The maximum absolute atomic E-state index is 12.8. The Morgan fingerprint density at radius 2 is 1.65 bits per heavy atom. The summed E-state index contributed by atoms with van der Waals surface area (Å²) in [5.74, 6) is 0.331. The molecule has 0 N–H and O–H groups in total. The van der Waals surface area contributed by atoms with Crippen molar-refractivity contribution >= 4 is 21.6 Å². The zero-order chi connectivity index (χ0) is 19.3. The molecule has 140 valence electrons. The number of benzene rings is 2. The van der Waals surface area contributed by atoms with Gasteiger partial charge in [-0.2, -0.15) is 0 Å². The van der Waals surface area contributed by atoms with E-state index < -0.39 is 16.1 Å². The molecule has 0 spiro atoms. The van der Waals surface area contributed by atoms with E-state index in [1.54, 1.807) is 38.2 Å². The number of hydrogen-bond donors (Lipinski definition) is 0. The van der Waals surface area contributed by atoms with E-state index in [-0.39, 0.29) is 5.91 Å². The molecule has 6 nitrogen and oxygen atoms in total. The van der Waals surface area contributed by atoms with Crippen molar-refractivity contribution in [2.45, 2.75) is 19.5 Å². The number of carbonyl (C=O) groups is 1. The van der Waals surface area contributed by atoms with Crippen LogP contribution in [-0.4, -0.2) is 45.7 Å². The summed E-state index contributed by atoms with van der Waals surface area (Å²) >= 11 is 0. The molecule has 0 fully saturated rings. The van der Waals surface area contributed by atoms with Crippen molar-refractivity contribution in [3.63, 3.8) is 0 Å². The molecule has 0 aromatic heterocycles. The summed E-state index contributed by atoms with van der Waals surface area (Å²) in [4.78, 5) is 14.4. The van der Waals surface area contributed by atoms with Crippen molar-refractivity contribution in [2.24, 2.45) is 0 Å². The van der Waals surface area contributed by atoms with E-state index in [0.717, 1.165) is 16.1 Å². The maximum atomic E-state index is 12.8. The summed E-state index contributed by atoms with van der Waals surface area (Å²) in [5.41, 5.74) is 1.40. The fourth-order valence-corrected chi connectivity index (χ4v) is 3.96. The van der Waals surface area contributed by atoms with Gasteiger partial charge in [0.05, 0.1) is 19.1 Å². The Morgan fingerprint density at radius 3 is 2.15 bits per heavy atom. The Morgan fingerprint density at radius 1 is 1.08 bits per heavy atom. The van der Waals surface area contributed by atoms with Crippen LogP contribution in [0.1, 0.15) is 12.5 Å². The Hall–Kier alpha value is -2.54. The van der Waals surface area contributed by atoms with Gasteiger partial charge in [0, 0.05) is 13.6 Å². The molecule has 2 rings (SSSR count). The third-order valence-electron chi connectivity index (χ3n) is 4.03. The Labute approximate surface area is 155 Å². The first kappa shape index (κ1) is 19.8. The molecule has 2 aromatic carbocycles. The largest absolute Gasteiger partial charge is 0.497 e. The number of ether oxygens (including phenoxy) is 1. The lowest BCUT2D eigenvalue weighted by molar-refractivity contribution is -0.131. The molecular weight excluding hydrogens is 352 g/mol. The minimum Gasteiger partial charge on any atom is -0.497 e. The smallest absolute Gasteiger partial charge is 0.246 e. The van der Waals surface area contributed by atoms with Gasteiger partial charge in [0.25, 0.3) is 0 Å². The van der Waals surface area contributed by atoms with Crippen molar-refractivity contribution in [3.05, 3.63) is 60.2 Å². The molecule has 7 heteroatoms. The fraction of sp³-hybridized carbons (Fsp3) is 0.316. The van der Waals surface area contributed by atoms with E-state index in [1.165, 1.54) is 12.0 Å². The first-order valence-corrected chi connectivity index (χ1v) is 10.0. The van der Waals surface area contributed by atoms with Gasteiger partial charge in [0.15, 0.2) is 0 Å². The number of anilines is 1. The minimum absolute atomic E-state index is 0.282. The van der Waals surface area contributed by atoms with Gasteiger partial charge < -0.3 is 9.64 Å². The maximum Gasteiger partial charge on any atom is 0.246 e. The highest BCUT2D eigenvalue weighted by molar-refractivity contribution is 7.92. The van der Waals surface area contributed by atoms with Crippen LogP contribution in [0, 0.1) is 0 Å². The molecule has 26 heavy (non-hydrogen) atoms. The van der Waals surface area contributed by atoms with E-state index in [0.29, 0.717) is 18.0 Å². The van der Waals surface area contributed by atoms with Crippen LogP contribution in [0.4, 0.5) is 5.69 Å². The number of nitrogens with zero attached hydrogens (tertiary/aromatic N) is 2. The van der Waals surface area contributed by atoms with Crippen LogP contribution in [0.5, 0.6) is 5.75 Å². The number of amides is 1. The number of rotatable bonds is 7. The highest BCUT2D eigenvalue weighted by Gasteiger charge is 2.31. The second-order valence-electron chi connectivity index (χ2n) is 6.11. The van der Waals surface area contributed by atoms with Crippen LogP contribution in [-0.2, 0) is 21.4 Å². The SMILES string of the molecule is COc1ccc(N([C@H](C)C(=O)N(C)Cc2ccccc2)S(C)(=O)=O)cc1. The van der Waals surface area contributed by atoms with Crippen LogP contribution < -0.4 is 9.04 Å². The quantitative estimate of drug-likeness (QED) is 0.745. The molecule has 0 bridgehead atoms. The molecule has 0 aliphatic heterocycles. The molecule has 0 heterocycles. The Balaban J connectivity index is 2.25. The Kier molecular flexibility index (Phi) is 6.26. The van der Waals surface area contributed by atoms with E-state index >= 15 is 0 Å². The fourth-order valence-electron chi connectivity index (χ4n) is 2.79. The van der Waals surface area contributed by atoms with E-state index in [9.17, 15) is 13.2 Å². The Bertz CT molecular complexity index is 836. The van der Waals surface area contributed by atoms with Gasteiger partial charge in [0.1, 0.15) is 11.8 Å². The van der Waals surface area contributed by atoms with Crippen LogP contribution >= 0.6 is 0 Å². The van der Waals surface area contributed by atoms with Crippen molar-refractivity contribution in [1.82, 2.24) is 4.90 Å². The van der Waals surface area contributed by atoms with Gasteiger partial charge in [-0.05, 0) is 36.8 Å². The average Bonchev–Trinajstić information content (AvgIpc) is 2.61. The molecule has 0 saturated heterocycles. The van der Waals surface area contributed by atoms with E-state index in [2.05, 4.69) is 0 Å². The molecule has 0 unspecified atom stereocenters. The number of carbonyl (C=O) groups excluding carboxylic acids is 1. The standard InChI is InChI=1S/C19H24N2O4S/c1-15(19(22)20(2)14-16-8-6-5-7-9-16)21(26(4,23)24)17-10-12-18(25-3)13-11-17/h5-13,15H,14H2,1-4H3/t15-/m1/s1. The third-order valence-corrected chi connectivity index (χ3v) is 5.27. The second kappa shape index (κ2) is 8.23. The van der Waals surface area contributed by atoms with Gasteiger partial charge in [-0.3, -0.25) is 9.10 Å². The van der Waals surface area contributed by atoms with Crippen molar-refractivity contribution in [2.75, 3.05) is 24.7 Å². The van der Waals surface area contributed by atoms with Crippen LogP contribution in [0.3, 0.4) is 0 Å². The van der Waals surface area contributed by atoms with Crippen molar-refractivity contribution in [3.8, 4) is 5.75 Å². The molecule has 2 aromatic rings. The normalized spacial score (nSPS) is 12.3. The third kappa shape index (κ3) is 4.76. The predicted octanol–water partition coefficient (Wildman–Crippen LogP) is 2.51. The molecule has 1 atom stereocenters. The highest BCUT2D eigenvalue weighted by atomic mass is 32.2. The summed E-state index contributed by atoms with van der Waals surface area (Å²) in [6, 6.07) is 15.3. The molecule has 0 aliphatic carbocycles. The van der Waals surface area contributed by atoms with Gasteiger partial charge >= 0.3 is 0 Å². The average molecular weight is 376 g/mol. The number of likely N-dealkylation sites (N-methyl/N-ethyl adjacent to an activating group) is 1. The van der Waals surface area contributed by atoms with E-state index in [4.69, 9.17) is 4.74 Å². The van der Waals surface area contributed by atoms with Crippen LogP contribution in [0.15, 0.2) is 54.6 Å². The van der Waals surface area contributed by atoms with Crippen molar-refractivity contribution in [1.29, 1.82) is 0 Å². The lowest BCUT2D eigenvalue weighted by Crippen LogP contribution is -2.48. The van der Waals surface area contributed by atoms with Gasteiger partial charge in [-0.1, -0.05) is 30.3 Å². The molecule has 1 amide bonds. The van der Waals surface area contributed by atoms with Crippen LogP contribution in [0.2, 0.25) is 0 Å². The minimum atomic E-state index is -3.64. The first-order chi connectivity index (χ1) is 12.2. The molecular formula is C19H24N2O4S. The summed E-state index contributed by atoms with van der Waals surface area (Å²) < 4.78 is 30.9. The highest BCUT2D eigenvalue weighted by Crippen LogP contribution is 2.24.